The molecule has 0 saturated heterocycles. The van der Waals surface area contributed by atoms with Crippen LogP contribution in [0, 0.1) is 5.92 Å². The summed E-state index contributed by atoms with van der Waals surface area (Å²) in [5.74, 6) is 0.331. The summed E-state index contributed by atoms with van der Waals surface area (Å²) in [6, 6.07) is 16.0. The third kappa shape index (κ3) is 7.79. The minimum Gasteiger partial charge on any atom is -0.375 e. The number of hydrogen-bond donors (Lipinski definition) is 0. The van der Waals surface area contributed by atoms with Gasteiger partial charge < -0.3 is 14.5 Å². The van der Waals surface area contributed by atoms with Crippen LogP contribution in [0.3, 0.4) is 0 Å². The number of para-hydroxylation sites is 1. The molecule has 1 heterocycles. The molecule has 1 aliphatic carbocycles. The number of nitrogens with zero attached hydrogens (tertiary/aromatic N) is 3. The summed E-state index contributed by atoms with van der Waals surface area (Å²) in [5, 5.41) is 0.736. The minimum absolute atomic E-state index is 0.0353. The number of amides is 2. The molecule has 0 aromatic heterocycles. The first-order chi connectivity index (χ1) is 18.0. The zero-order valence-electron chi connectivity index (χ0n) is 22.0. The van der Waals surface area contributed by atoms with Crippen LogP contribution in [0.5, 0.6) is 0 Å². The van der Waals surface area contributed by atoms with Gasteiger partial charge in [-0.3, -0.25) is 14.5 Å². The van der Waals surface area contributed by atoms with Crippen LogP contribution in [0.15, 0.2) is 48.5 Å². The van der Waals surface area contributed by atoms with Gasteiger partial charge in [0.2, 0.25) is 5.91 Å². The Hall–Kier alpha value is -2.41. The Morgan fingerprint density at radius 3 is 2.32 bits per heavy atom. The number of carbonyl (C=O) groups excluding carboxylic acids is 2. The first kappa shape index (κ1) is 27.6. The van der Waals surface area contributed by atoms with E-state index in [2.05, 4.69) is 28.0 Å². The normalized spacial score (nSPS) is 18.5. The summed E-state index contributed by atoms with van der Waals surface area (Å²) < 4.78 is 5.22. The lowest BCUT2D eigenvalue weighted by atomic mass is 9.88. The number of ether oxygens (including phenoxy) is 1. The predicted octanol–water partition coefficient (Wildman–Crippen LogP) is 5.52. The van der Waals surface area contributed by atoms with E-state index in [-0.39, 0.29) is 24.3 Å². The van der Waals surface area contributed by atoms with E-state index in [9.17, 15) is 9.59 Å². The van der Waals surface area contributed by atoms with E-state index in [1.165, 1.54) is 12.0 Å². The van der Waals surface area contributed by atoms with E-state index >= 15 is 0 Å². The Bertz CT molecular complexity index is 1020. The van der Waals surface area contributed by atoms with Gasteiger partial charge in [-0.15, -0.1) is 0 Å². The molecule has 0 unspecified atom stereocenters. The predicted molar refractivity (Wildman–Crippen MR) is 149 cm³/mol. The molecule has 2 aromatic carbocycles. The maximum absolute atomic E-state index is 13.7. The highest BCUT2D eigenvalue weighted by Crippen LogP contribution is 2.29. The Kier molecular flexibility index (Phi) is 10.4. The van der Waals surface area contributed by atoms with Crippen LogP contribution in [0.25, 0.3) is 0 Å². The molecule has 7 heteroatoms. The van der Waals surface area contributed by atoms with E-state index in [0.29, 0.717) is 19.6 Å². The van der Waals surface area contributed by atoms with Crippen molar-refractivity contribution in [2.75, 3.05) is 44.8 Å². The van der Waals surface area contributed by atoms with E-state index in [0.717, 1.165) is 74.4 Å². The summed E-state index contributed by atoms with van der Waals surface area (Å²) in [5.41, 5.74) is 3.12. The monoisotopic (exact) mass is 525 g/mol. The van der Waals surface area contributed by atoms with Crippen molar-refractivity contribution in [2.24, 2.45) is 5.92 Å². The number of rotatable bonds is 5. The zero-order valence-corrected chi connectivity index (χ0v) is 22.8. The second kappa shape index (κ2) is 13.9. The number of fused-ring (bicyclic) bond motifs is 1. The van der Waals surface area contributed by atoms with Crippen LogP contribution >= 0.6 is 11.6 Å². The van der Waals surface area contributed by atoms with Crippen molar-refractivity contribution in [2.45, 2.75) is 58.0 Å². The second-order valence-electron chi connectivity index (χ2n) is 10.3. The molecule has 2 aliphatic rings. The van der Waals surface area contributed by atoms with Gasteiger partial charge in [-0.25, -0.2) is 0 Å². The maximum Gasteiger partial charge on any atom is 0.252 e. The lowest BCUT2D eigenvalue weighted by molar-refractivity contribution is -0.137. The topological polar surface area (TPSA) is 53.1 Å². The third-order valence-electron chi connectivity index (χ3n) is 7.56. The van der Waals surface area contributed by atoms with Gasteiger partial charge in [0.25, 0.3) is 5.91 Å². The Balaban J connectivity index is 1.60. The highest BCUT2D eigenvalue weighted by molar-refractivity contribution is 6.30. The second-order valence-corrected chi connectivity index (χ2v) is 10.7. The zero-order chi connectivity index (χ0) is 26.0. The average molecular weight is 526 g/mol. The van der Waals surface area contributed by atoms with Crippen LogP contribution in [0.1, 0.15) is 56.1 Å². The molecule has 200 valence electrons. The Labute approximate surface area is 226 Å². The molecule has 37 heavy (non-hydrogen) atoms. The molecular weight excluding hydrogens is 486 g/mol. The summed E-state index contributed by atoms with van der Waals surface area (Å²) in [7, 11) is 1.55. The lowest BCUT2D eigenvalue weighted by Crippen LogP contribution is -2.41. The molecule has 1 fully saturated rings. The van der Waals surface area contributed by atoms with Gasteiger partial charge in [0, 0.05) is 63.0 Å². The van der Waals surface area contributed by atoms with Crippen LogP contribution in [0.4, 0.5) is 5.69 Å². The molecule has 1 saturated carbocycles. The van der Waals surface area contributed by atoms with Crippen molar-refractivity contribution in [3.63, 3.8) is 0 Å². The van der Waals surface area contributed by atoms with Gasteiger partial charge in [-0.2, -0.15) is 0 Å². The Morgan fingerprint density at radius 1 is 0.892 bits per heavy atom. The van der Waals surface area contributed by atoms with Crippen molar-refractivity contribution < 1.29 is 14.3 Å². The smallest absolute Gasteiger partial charge is 0.252 e. The van der Waals surface area contributed by atoms with Crippen LogP contribution in [0.2, 0.25) is 5.02 Å². The molecule has 0 radical (unpaired) electrons. The highest BCUT2D eigenvalue weighted by Gasteiger charge is 2.28. The standard InChI is InChI=1S/C30H40ClN3O3/c1-37-23-29(35)34-20-8-18-32(21-24-13-15-27(31)16-14-24)17-7-19-33(22-26-11-5-6-12-28(26)34)30(36)25-9-3-2-4-10-25/h5-6,11-16,25H,2-4,7-10,17-23H2,1H3. The van der Waals surface area contributed by atoms with E-state index in [1.807, 2.05) is 35.2 Å². The van der Waals surface area contributed by atoms with Gasteiger partial charge in [-0.1, -0.05) is 61.2 Å². The van der Waals surface area contributed by atoms with Crippen molar-refractivity contribution >= 4 is 29.1 Å². The van der Waals surface area contributed by atoms with Crippen LogP contribution < -0.4 is 4.90 Å². The van der Waals surface area contributed by atoms with Gasteiger partial charge >= 0.3 is 0 Å². The maximum atomic E-state index is 13.7. The fraction of sp³-hybridized carbons (Fsp3) is 0.533. The number of anilines is 1. The minimum atomic E-state index is -0.0542. The van der Waals surface area contributed by atoms with Crippen LogP contribution in [-0.4, -0.2) is 61.5 Å². The summed E-state index contributed by atoms with van der Waals surface area (Å²) in [6.45, 7) is 4.45. The highest BCUT2D eigenvalue weighted by atomic mass is 35.5. The SMILES string of the molecule is COCC(=O)N1CCCN(Cc2ccc(Cl)cc2)CCCN(C(=O)C2CCCCC2)Cc2ccccc21. The van der Waals surface area contributed by atoms with Crippen molar-refractivity contribution in [3.05, 3.63) is 64.7 Å². The van der Waals surface area contributed by atoms with Gasteiger partial charge in [-0.05, 0) is 55.0 Å². The van der Waals surface area contributed by atoms with Gasteiger partial charge in [0.15, 0.2) is 0 Å². The molecule has 6 nitrogen and oxygen atoms in total. The molecular formula is C30H40ClN3O3. The molecule has 2 aromatic rings. The quantitative estimate of drug-likeness (QED) is 0.515. The van der Waals surface area contributed by atoms with E-state index < -0.39 is 0 Å². The number of hydrogen-bond acceptors (Lipinski definition) is 4. The molecule has 0 N–H and O–H groups in total. The molecule has 4 rings (SSSR count). The molecule has 0 atom stereocenters. The summed E-state index contributed by atoms with van der Waals surface area (Å²) in [6.07, 6.45) is 7.23. The summed E-state index contributed by atoms with van der Waals surface area (Å²) >= 11 is 6.10. The third-order valence-corrected chi connectivity index (χ3v) is 7.81. The van der Waals surface area contributed by atoms with Gasteiger partial charge in [0.05, 0.1) is 0 Å². The average Bonchev–Trinajstić information content (AvgIpc) is 2.91. The Morgan fingerprint density at radius 2 is 1.59 bits per heavy atom. The van der Waals surface area contributed by atoms with E-state index in [4.69, 9.17) is 16.3 Å². The van der Waals surface area contributed by atoms with Crippen molar-refractivity contribution in [1.29, 1.82) is 0 Å². The fourth-order valence-corrected chi connectivity index (χ4v) is 5.75. The number of methoxy groups -OCH3 is 1. The van der Waals surface area contributed by atoms with Gasteiger partial charge in [0.1, 0.15) is 6.61 Å². The molecule has 2 amide bonds. The summed E-state index contributed by atoms with van der Waals surface area (Å²) in [4.78, 5) is 33.2. The first-order valence-corrected chi connectivity index (χ1v) is 14.1. The molecule has 0 spiro atoms. The van der Waals surface area contributed by atoms with Crippen LogP contribution in [-0.2, 0) is 27.4 Å². The fourth-order valence-electron chi connectivity index (χ4n) is 5.62. The van der Waals surface area contributed by atoms with E-state index in [1.54, 1.807) is 7.11 Å². The molecule has 1 aliphatic heterocycles. The number of halogens is 1. The number of benzene rings is 2. The first-order valence-electron chi connectivity index (χ1n) is 13.7. The largest absolute Gasteiger partial charge is 0.375 e. The molecule has 0 bridgehead atoms. The lowest BCUT2D eigenvalue weighted by Gasteiger charge is -2.33. The number of carbonyl (C=O) groups is 2. The van der Waals surface area contributed by atoms with Crippen molar-refractivity contribution in [1.82, 2.24) is 9.80 Å². The van der Waals surface area contributed by atoms with Crippen molar-refractivity contribution in [3.8, 4) is 0 Å².